The lowest BCUT2D eigenvalue weighted by atomic mass is 9.93. The summed E-state index contributed by atoms with van der Waals surface area (Å²) >= 11 is 0. The normalized spacial score (nSPS) is 23.2. The molecule has 0 aliphatic carbocycles. The topological polar surface area (TPSA) is 72.6 Å². The van der Waals surface area contributed by atoms with Crippen molar-refractivity contribution in [3.63, 3.8) is 0 Å². The first-order valence-corrected chi connectivity index (χ1v) is 4.78. The average molecular weight is 220 g/mol. The number of hydrogen-bond donors (Lipinski definition) is 1. The molecule has 0 spiro atoms. The number of carbonyl (C=O) groups is 2. The van der Waals surface area contributed by atoms with E-state index in [1.54, 1.807) is 31.3 Å². The van der Waals surface area contributed by atoms with Crippen LogP contribution in [0.15, 0.2) is 24.3 Å². The summed E-state index contributed by atoms with van der Waals surface area (Å²) in [6, 6.07) is 6.92. The summed E-state index contributed by atoms with van der Waals surface area (Å²) < 4.78 is 4.60. The first-order chi connectivity index (χ1) is 7.53. The first kappa shape index (κ1) is 10.6. The van der Waals surface area contributed by atoms with Crippen LogP contribution in [0.1, 0.15) is 5.56 Å². The fourth-order valence-corrected chi connectivity index (χ4v) is 1.95. The molecule has 1 aromatic carbocycles. The lowest BCUT2D eigenvalue weighted by molar-refractivity contribution is -0.151. The maximum Gasteiger partial charge on any atom is 0.340 e. The summed E-state index contributed by atoms with van der Waals surface area (Å²) in [5.74, 6) is -1.21. The summed E-state index contributed by atoms with van der Waals surface area (Å²) in [5.41, 5.74) is 5.30. The van der Waals surface area contributed by atoms with E-state index < -0.39 is 17.4 Å². The van der Waals surface area contributed by atoms with E-state index in [-0.39, 0.29) is 0 Å². The minimum Gasteiger partial charge on any atom is -0.467 e. The molecule has 0 radical (unpaired) electrons. The van der Waals surface area contributed by atoms with Crippen LogP contribution in [-0.4, -0.2) is 26.0 Å². The Morgan fingerprint density at radius 2 is 2.06 bits per heavy atom. The number of rotatable bonds is 1. The highest BCUT2D eigenvalue weighted by Crippen LogP contribution is 2.38. The van der Waals surface area contributed by atoms with E-state index in [1.807, 2.05) is 0 Å². The molecule has 1 aliphatic heterocycles. The zero-order valence-electron chi connectivity index (χ0n) is 9.06. The number of ether oxygens (including phenoxy) is 1. The van der Waals surface area contributed by atoms with E-state index >= 15 is 0 Å². The standard InChI is InChI=1S/C11H12N2O3/c1-13-8-6-4-3-5-7(8)11(12,9(13)14)10(15)16-2/h3-6H,12H2,1-2H3. The maximum absolute atomic E-state index is 12.0. The molecule has 5 nitrogen and oxygen atoms in total. The maximum atomic E-state index is 12.0. The molecule has 1 atom stereocenters. The Bertz CT molecular complexity index is 472. The van der Waals surface area contributed by atoms with Crippen LogP contribution in [0.4, 0.5) is 5.69 Å². The van der Waals surface area contributed by atoms with Crippen molar-refractivity contribution in [2.75, 3.05) is 19.1 Å². The molecule has 1 heterocycles. The molecule has 84 valence electrons. The Kier molecular flexibility index (Phi) is 2.20. The van der Waals surface area contributed by atoms with Gasteiger partial charge < -0.3 is 15.4 Å². The van der Waals surface area contributed by atoms with Crippen molar-refractivity contribution in [2.45, 2.75) is 5.54 Å². The van der Waals surface area contributed by atoms with Gasteiger partial charge in [-0.15, -0.1) is 0 Å². The number of methoxy groups -OCH3 is 1. The number of carbonyl (C=O) groups excluding carboxylic acids is 2. The SMILES string of the molecule is COC(=O)C1(N)C(=O)N(C)c2ccccc21. The van der Waals surface area contributed by atoms with Crippen LogP contribution in [0.25, 0.3) is 0 Å². The van der Waals surface area contributed by atoms with Crippen LogP contribution in [-0.2, 0) is 19.9 Å². The van der Waals surface area contributed by atoms with Gasteiger partial charge in [-0.1, -0.05) is 18.2 Å². The third-order valence-electron chi connectivity index (χ3n) is 2.84. The van der Waals surface area contributed by atoms with Crippen molar-refractivity contribution in [3.8, 4) is 0 Å². The summed E-state index contributed by atoms with van der Waals surface area (Å²) in [6.07, 6.45) is 0. The molecule has 1 aromatic rings. The Labute approximate surface area is 92.8 Å². The first-order valence-electron chi connectivity index (χ1n) is 4.78. The quantitative estimate of drug-likeness (QED) is 0.533. The number of esters is 1. The van der Waals surface area contributed by atoms with E-state index in [1.165, 1.54) is 12.0 Å². The number of likely N-dealkylation sites (N-methyl/N-ethyl adjacent to an activating group) is 1. The molecule has 16 heavy (non-hydrogen) atoms. The van der Waals surface area contributed by atoms with Gasteiger partial charge in [0, 0.05) is 18.3 Å². The number of hydrogen-bond acceptors (Lipinski definition) is 4. The number of amides is 1. The predicted octanol–water partition coefficient (Wildman–Crippen LogP) is -0.01000. The highest BCUT2D eigenvalue weighted by Gasteiger charge is 2.53. The molecule has 0 saturated carbocycles. The third-order valence-corrected chi connectivity index (χ3v) is 2.84. The molecule has 1 unspecified atom stereocenters. The van der Waals surface area contributed by atoms with Crippen molar-refractivity contribution >= 4 is 17.6 Å². The van der Waals surface area contributed by atoms with Gasteiger partial charge in [-0.05, 0) is 6.07 Å². The number of nitrogens with zero attached hydrogens (tertiary/aromatic N) is 1. The molecule has 2 N–H and O–H groups in total. The summed E-state index contributed by atoms with van der Waals surface area (Å²) in [7, 11) is 2.80. The second-order valence-corrected chi connectivity index (χ2v) is 3.68. The van der Waals surface area contributed by atoms with E-state index in [2.05, 4.69) is 4.74 Å². The molecule has 1 amide bonds. The number of anilines is 1. The Hall–Kier alpha value is -1.88. The zero-order chi connectivity index (χ0) is 11.9. The van der Waals surface area contributed by atoms with E-state index in [0.717, 1.165) is 0 Å². The third kappa shape index (κ3) is 1.09. The van der Waals surface area contributed by atoms with Crippen molar-refractivity contribution in [1.82, 2.24) is 0 Å². The average Bonchev–Trinajstić information content (AvgIpc) is 2.52. The van der Waals surface area contributed by atoms with Crippen molar-refractivity contribution in [1.29, 1.82) is 0 Å². The molecular formula is C11H12N2O3. The summed E-state index contributed by atoms with van der Waals surface area (Å²) in [6.45, 7) is 0. The Balaban J connectivity index is 2.65. The molecule has 5 heteroatoms. The van der Waals surface area contributed by atoms with Crippen LogP contribution < -0.4 is 10.6 Å². The molecule has 0 bridgehead atoms. The van der Waals surface area contributed by atoms with Gasteiger partial charge >= 0.3 is 5.97 Å². The second kappa shape index (κ2) is 3.31. The van der Waals surface area contributed by atoms with Crippen molar-refractivity contribution < 1.29 is 14.3 Å². The van der Waals surface area contributed by atoms with Crippen LogP contribution in [0.3, 0.4) is 0 Å². The highest BCUT2D eigenvalue weighted by atomic mass is 16.5. The molecule has 0 aromatic heterocycles. The predicted molar refractivity (Wildman–Crippen MR) is 57.7 cm³/mol. The minimum atomic E-state index is -1.71. The monoisotopic (exact) mass is 220 g/mol. The number of para-hydroxylation sites is 1. The molecular weight excluding hydrogens is 208 g/mol. The molecule has 2 rings (SSSR count). The van der Waals surface area contributed by atoms with Gasteiger partial charge in [-0.25, -0.2) is 4.79 Å². The molecule has 1 aliphatic rings. The van der Waals surface area contributed by atoms with E-state index in [4.69, 9.17) is 5.73 Å². The van der Waals surface area contributed by atoms with Gasteiger partial charge in [0.1, 0.15) is 0 Å². The van der Waals surface area contributed by atoms with Gasteiger partial charge in [-0.3, -0.25) is 4.79 Å². The van der Waals surface area contributed by atoms with Crippen molar-refractivity contribution in [3.05, 3.63) is 29.8 Å². The molecule has 0 fully saturated rings. The van der Waals surface area contributed by atoms with Crippen LogP contribution in [0.2, 0.25) is 0 Å². The minimum absolute atomic E-state index is 0.472. The number of fused-ring (bicyclic) bond motifs is 1. The lowest BCUT2D eigenvalue weighted by Crippen LogP contribution is -2.53. The van der Waals surface area contributed by atoms with Gasteiger partial charge in [0.2, 0.25) is 5.54 Å². The van der Waals surface area contributed by atoms with Crippen molar-refractivity contribution in [2.24, 2.45) is 5.73 Å². The highest BCUT2D eigenvalue weighted by molar-refractivity contribution is 6.19. The van der Waals surface area contributed by atoms with Gasteiger partial charge in [0.05, 0.1) is 7.11 Å². The van der Waals surface area contributed by atoms with E-state index in [0.29, 0.717) is 11.3 Å². The summed E-state index contributed by atoms with van der Waals surface area (Å²) in [4.78, 5) is 25.0. The van der Waals surface area contributed by atoms with Crippen LogP contribution in [0, 0.1) is 0 Å². The fourth-order valence-electron chi connectivity index (χ4n) is 1.95. The number of nitrogens with two attached hydrogens (primary N) is 1. The van der Waals surface area contributed by atoms with Crippen LogP contribution in [0.5, 0.6) is 0 Å². The van der Waals surface area contributed by atoms with Gasteiger partial charge in [0.25, 0.3) is 5.91 Å². The van der Waals surface area contributed by atoms with Crippen LogP contribution >= 0.6 is 0 Å². The largest absolute Gasteiger partial charge is 0.467 e. The van der Waals surface area contributed by atoms with Gasteiger partial charge in [-0.2, -0.15) is 0 Å². The fraction of sp³-hybridized carbons (Fsp3) is 0.273. The molecule has 0 saturated heterocycles. The van der Waals surface area contributed by atoms with Gasteiger partial charge in [0.15, 0.2) is 0 Å². The lowest BCUT2D eigenvalue weighted by Gasteiger charge is -2.19. The van der Waals surface area contributed by atoms with E-state index in [9.17, 15) is 9.59 Å². The number of benzene rings is 1. The Morgan fingerprint density at radius 3 is 2.69 bits per heavy atom. The second-order valence-electron chi connectivity index (χ2n) is 3.68. The Morgan fingerprint density at radius 1 is 1.44 bits per heavy atom. The smallest absolute Gasteiger partial charge is 0.340 e. The summed E-state index contributed by atoms with van der Waals surface area (Å²) in [5, 5.41) is 0. The zero-order valence-corrected chi connectivity index (χ0v) is 9.06.